The Labute approximate surface area is 154 Å². The van der Waals surface area contributed by atoms with Crippen LogP contribution in [0.4, 0.5) is 0 Å². The van der Waals surface area contributed by atoms with Crippen LogP contribution < -0.4 is 5.32 Å². The molecule has 1 aromatic carbocycles. The molecule has 1 N–H and O–H groups in total. The SMILES string of the molecule is CNCCC1CCN(C(=O)CCc2nc3ccccc3s2)CC1.Cl. The van der Waals surface area contributed by atoms with Crippen molar-refractivity contribution in [2.45, 2.75) is 32.1 Å². The first-order chi connectivity index (χ1) is 11.3. The number of hydrogen-bond acceptors (Lipinski definition) is 4. The summed E-state index contributed by atoms with van der Waals surface area (Å²) in [5, 5.41) is 4.28. The van der Waals surface area contributed by atoms with Crippen LogP contribution in [0.1, 0.15) is 30.7 Å². The van der Waals surface area contributed by atoms with Crippen molar-refractivity contribution in [3.05, 3.63) is 29.3 Å². The zero-order valence-corrected chi connectivity index (χ0v) is 15.8. The monoisotopic (exact) mass is 367 g/mol. The zero-order chi connectivity index (χ0) is 16.1. The van der Waals surface area contributed by atoms with Gasteiger partial charge in [0.25, 0.3) is 0 Å². The lowest BCUT2D eigenvalue weighted by Gasteiger charge is -2.32. The van der Waals surface area contributed by atoms with E-state index in [1.165, 1.54) is 11.1 Å². The third kappa shape index (κ3) is 4.91. The van der Waals surface area contributed by atoms with E-state index in [0.717, 1.165) is 55.3 Å². The van der Waals surface area contributed by atoms with E-state index in [2.05, 4.69) is 16.4 Å². The number of piperidine rings is 1. The molecule has 1 saturated heterocycles. The number of nitrogens with zero attached hydrogens (tertiary/aromatic N) is 2. The molecule has 1 aliphatic rings. The molecule has 0 spiro atoms. The number of hydrogen-bond donors (Lipinski definition) is 1. The molecule has 6 heteroatoms. The maximum atomic E-state index is 12.4. The summed E-state index contributed by atoms with van der Waals surface area (Å²) in [7, 11) is 2.00. The molecule has 0 aliphatic carbocycles. The van der Waals surface area contributed by atoms with Gasteiger partial charge in [-0.2, -0.15) is 0 Å². The number of carbonyl (C=O) groups excluding carboxylic acids is 1. The van der Waals surface area contributed by atoms with Gasteiger partial charge in [0.1, 0.15) is 0 Å². The number of halogens is 1. The van der Waals surface area contributed by atoms with Crippen molar-refractivity contribution in [1.29, 1.82) is 0 Å². The van der Waals surface area contributed by atoms with Crippen LogP contribution in [0.5, 0.6) is 0 Å². The van der Waals surface area contributed by atoms with Gasteiger partial charge in [0.05, 0.1) is 15.2 Å². The third-order valence-corrected chi connectivity index (χ3v) is 5.76. The summed E-state index contributed by atoms with van der Waals surface area (Å²) in [5.41, 5.74) is 1.05. The number of likely N-dealkylation sites (tertiary alicyclic amines) is 1. The number of aromatic nitrogens is 1. The van der Waals surface area contributed by atoms with Crippen LogP contribution >= 0.6 is 23.7 Å². The molecule has 4 nitrogen and oxygen atoms in total. The Balaban J connectivity index is 0.00000208. The fraction of sp³-hybridized carbons (Fsp3) is 0.556. The molecule has 0 radical (unpaired) electrons. The number of fused-ring (bicyclic) bond motifs is 1. The number of para-hydroxylation sites is 1. The Bertz CT molecular complexity index is 620. The van der Waals surface area contributed by atoms with E-state index < -0.39 is 0 Å². The Kier molecular flexibility index (Phi) is 7.46. The highest BCUT2D eigenvalue weighted by molar-refractivity contribution is 7.18. The number of amides is 1. The fourth-order valence-electron chi connectivity index (χ4n) is 3.22. The van der Waals surface area contributed by atoms with E-state index in [1.54, 1.807) is 11.3 Å². The highest BCUT2D eigenvalue weighted by Gasteiger charge is 2.22. The van der Waals surface area contributed by atoms with E-state index >= 15 is 0 Å². The lowest BCUT2D eigenvalue weighted by molar-refractivity contribution is -0.132. The highest BCUT2D eigenvalue weighted by atomic mass is 35.5. The summed E-state index contributed by atoms with van der Waals surface area (Å²) < 4.78 is 1.21. The Morgan fingerprint density at radius 3 is 2.79 bits per heavy atom. The van der Waals surface area contributed by atoms with E-state index in [9.17, 15) is 4.79 Å². The van der Waals surface area contributed by atoms with E-state index in [1.807, 2.05) is 30.1 Å². The van der Waals surface area contributed by atoms with Crippen LogP contribution in [0.15, 0.2) is 24.3 Å². The van der Waals surface area contributed by atoms with Gasteiger partial charge in [-0.15, -0.1) is 23.7 Å². The highest BCUT2D eigenvalue weighted by Crippen LogP contribution is 2.24. The van der Waals surface area contributed by atoms with Gasteiger partial charge < -0.3 is 10.2 Å². The summed E-state index contributed by atoms with van der Waals surface area (Å²) in [5.74, 6) is 1.06. The molecular weight excluding hydrogens is 342 g/mol. The Hall–Kier alpha value is -1.17. The largest absolute Gasteiger partial charge is 0.343 e. The molecule has 1 aliphatic heterocycles. The van der Waals surface area contributed by atoms with Gasteiger partial charge in [-0.1, -0.05) is 12.1 Å². The molecule has 2 heterocycles. The maximum Gasteiger partial charge on any atom is 0.222 e. The normalized spacial score (nSPS) is 15.5. The van der Waals surface area contributed by atoms with Crippen molar-refractivity contribution >= 4 is 39.9 Å². The summed E-state index contributed by atoms with van der Waals surface area (Å²) >= 11 is 1.71. The van der Waals surface area contributed by atoms with Crippen LogP contribution in [0.3, 0.4) is 0 Å². The molecule has 3 rings (SSSR count). The standard InChI is InChI=1S/C18H25N3OS.ClH/c1-19-11-8-14-9-12-21(13-10-14)18(22)7-6-17-20-15-4-2-3-5-16(15)23-17;/h2-5,14,19H,6-13H2,1H3;1H. The lowest BCUT2D eigenvalue weighted by atomic mass is 9.93. The van der Waals surface area contributed by atoms with Gasteiger partial charge in [-0.3, -0.25) is 4.79 Å². The minimum Gasteiger partial charge on any atom is -0.343 e. The quantitative estimate of drug-likeness (QED) is 0.849. The number of rotatable bonds is 6. The average Bonchev–Trinajstić information content (AvgIpc) is 3.01. The molecule has 0 bridgehead atoms. The van der Waals surface area contributed by atoms with E-state index in [-0.39, 0.29) is 18.3 Å². The summed E-state index contributed by atoms with van der Waals surface area (Å²) in [6.07, 6.45) is 4.87. The van der Waals surface area contributed by atoms with Crippen molar-refractivity contribution in [1.82, 2.24) is 15.2 Å². The Morgan fingerprint density at radius 2 is 2.08 bits per heavy atom. The molecule has 0 atom stereocenters. The van der Waals surface area contributed by atoms with Crippen LogP contribution in [-0.4, -0.2) is 42.5 Å². The van der Waals surface area contributed by atoms with Crippen LogP contribution in [0.2, 0.25) is 0 Å². The van der Waals surface area contributed by atoms with E-state index in [4.69, 9.17) is 0 Å². The van der Waals surface area contributed by atoms with Crippen molar-refractivity contribution in [3.63, 3.8) is 0 Å². The molecule has 1 aromatic heterocycles. The van der Waals surface area contributed by atoms with Gasteiger partial charge in [0, 0.05) is 25.9 Å². The summed E-state index contributed by atoms with van der Waals surface area (Å²) in [6.45, 7) is 2.93. The van der Waals surface area contributed by atoms with Gasteiger partial charge in [0.2, 0.25) is 5.91 Å². The number of thiazole rings is 1. The van der Waals surface area contributed by atoms with Crippen molar-refractivity contribution in [3.8, 4) is 0 Å². The smallest absolute Gasteiger partial charge is 0.222 e. The van der Waals surface area contributed by atoms with Gasteiger partial charge >= 0.3 is 0 Å². The van der Waals surface area contributed by atoms with Gasteiger partial charge in [0.15, 0.2) is 0 Å². The van der Waals surface area contributed by atoms with E-state index in [0.29, 0.717) is 6.42 Å². The molecule has 24 heavy (non-hydrogen) atoms. The van der Waals surface area contributed by atoms with Crippen molar-refractivity contribution < 1.29 is 4.79 Å². The zero-order valence-electron chi connectivity index (χ0n) is 14.2. The summed E-state index contributed by atoms with van der Waals surface area (Å²) in [4.78, 5) is 19.1. The first-order valence-electron chi connectivity index (χ1n) is 8.53. The first kappa shape index (κ1) is 19.2. The molecule has 1 amide bonds. The second kappa shape index (κ2) is 9.35. The van der Waals surface area contributed by atoms with Crippen LogP contribution in [0.25, 0.3) is 10.2 Å². The average molecular weight is 368 g/mol. The van der Waals surface area contributed by atoms with Gasteiger partial charge in [-0.25, -0.2) is 4.98 Å². The predicted molar refractivity (Wildman–Crippen MR) is 103 cm³/mol. The maximum absolute atomic E-state index is 12.4. The minimum atomic E-state index is 0. The third-order valence-electron chi connectivity index (χ3n) is 4.66. The van der Waals surface area contributed by atoms with Gasteiger partial charge in [-0.05, 0) is 50.9 Å². The molecule has 2 aromatic rings. The second-order valence-corrected chi connectivity index (χ2v) is 7.41. The van der Waals surface area contributed by atoms with Crippen molar-refractivity contribution in [2.24, 2.45) is 5.92 Å². The molecular formula is C18H26ClN3OS. The van der Waals surface area contributed by atoms with Crippen LogP contribution in [0, 0.1) is 5.92 Å². The molecule has 1 fully saturated rings. The number of benzene rings is 1. The fourth-order valence-corrected chi connectivity index (χ4v) is 4.19. The minimum absolute atomic E-state index is 0. The lowest BCUT2D eigenvalue weighted by Crippen LogP contribution is -2.39. The second-order valence-electron chi connectivity index (χ2n) is 6.29. The number of nitrogens with one attached hydrogen (secondary N) is 1. The topological polar surface area (TPSA) is 45.2 Å². The molecule has 132 valence electrons. The molecule has 0 unspecified atom stereocenters. The number of carbonyl (C=O) groups is 1. The van der Waals surface area contributed by atoms with Crippen molar-refractivity contribution in [2.75, 3.05) is 26.7 Å². The van der Waals surface area contributed by atoms with Crippen LogP contribution in [-0.2, 0) is 11.2 Å². The summed E-state index contributed by atoms with van der Waals surface area (Å²) in [6, 6.07) is 8.17. The molecule has 0 saturated carbocycles. The predicted octanol–water partition coefficient (Wildman–Crippen LogP) is 3.50. The first-order valence-corrected chi connectivity index (χ1v) is 9.34. The Morgan fingerprint density at radius 1 is 1.33 bits per heavy atom. The number of aryl methyl sites for hydroxylation is 1.